The molecule has 5 atom stereocenters. The lowest BCUT2D eigenvalue weighted by Crippen LogP contribution is -2.45. The summed E-state index contributed by atoms with van der Waals surface area (Å²) in [7, 11) is 0. The largest absolute Gasteiger partial charge is 0.455 e. The standard InChI is InChI=1S/C26H35ClFNO5/c1-16-8-7-9-18(27)11-12-21(20(28)14-19-10-5-6-13-29-19)34-23(31)15-22(30)26(3,4)25(33)17(2)24(16)32/h5-6,10-11,13-14,16-17,21-22,24,30,32H,7-9,12,15H2,1-4H3/b18-11+,20-14-/t16-,17+,21-,22-,24-/m0/s1. The van der Waals surface area contributed by atoms with Crippen LogP contribution in [0.4, 0.5) is 4.39 Å². The van der Waals surface area contributed by atoms with Gasteiger partial charge in [0.15, 0.2) is 6.10 Å². The highest BCUT2D eigenvalue weighted by molar-refractivity contribution is 6.29. The van der Waals surface area contributed by atoms with Crippen molar-refractivity contribution in [2.75, 3.05) is 0 Å². The SMILES string of the molecule is C[C@H]1CCC/C(Cl)=C\C[C@@H](/C(F)=C/c2ccccn2)OC(=O)C[C@H](O)C(C)(C)C(=O)[C@H](C)[C@H]1O. The van der Waals surface area contributed by atoms with Crippen LogP contribution in [0.2, 0.25) is 0 Å². The molecule has 8 heteroatoms. The van der Waals surface area contributed by atoms with Gasteiger partial charge in [-0.25, -0.2) is 4.39 Å². The molecule has 0 saturated carbocycles. The Morgan fingerprint density at radius 3 is 2.62 bits per heavy atom. The zero-order chi connectivity index (χ0) is 25.5. The number of halogens is 2. The number of cyclic esters (lactones) is 1. The Hall–Kier alpha value is -2.09. The predicted octanol–water partition coefficient (Wildman–Crippen LogP) is 4.98. The van der Waals surface area contributed by atoms with Crippen LogP contribution in [0.1, 0.15) is 65.5 Å². The van der Waals surface area contributed by atoms with Gasteiger partial charge in [-0.15, -0.1) is 0 Å². The Bertz CT molecular complexity index is 902. The smallest absolute Gasteiger partial charge is 0.309 e. The zero-order valence-electron chi connectivity index (χ0n) is 20.2. The lowest BCUT2D eigenvalue weighted by Gasteiger charge is -2.34. The Kier molecular flexibility index (Phi) is 10.4. The normalized spacial score (nSPS) is 31.9. The average molecular weight is 496 g/mol. The highest BCUT2D eigenvalue weighted by atomic mass is 35.5. The minimum atomic E-state index is -1.37. The molecule has 0 bridgehead atoms. The third kappa shape index (κ3) is 7.72. The van der Waals surface area contributed by atoms with E-state index in [0.29, 0.717) is 30.0 Å². The molecule has 0 unspecified atom stereocenters. The van der Waals surface area contributed by atoms with Crippen LogP contribution in [0, 0.1) is 17.3 Å². The summed E-state index contributed by atoms with van der Waals surface area (Å²) in [6.45, 7) is 6.56. The number of ether oxygens (including phenoxy) is 1. The zero-order valence-corrected chi connectivity index (χ0v) is 21.0. The van der Waals surface area contributed by atoms with Gasteiger partial charge >= 0.3 is 5.97 Å². The maximum atomic E-state index is 15.1. The minimum absolute atomic E-state index is 0.00731. The van der Waals surface area contributed by atoms with Crippen molar-refractivity contribution < 1.29 is 28.9 Å². The molecule has 0 fully saturated rings. The van der Waals surface area contributed by atoms with E-state index in [1.54, 1.807) is 31.2 Å². The van der Waals surface area contributed by atoms with Gasteiger partial charge in [0.2, 0.25) is 0 Å². The molecule has 2 heterocycles. The second kappa shape index (κ2) is 12.6. The summed E-state index contributed by atoms with van der Waals surface area (Å²) in [5, 5.41) is 21.9. The van der Waals surface area contributed by atoms with Crippen LogP contribution in [-0.4, -0.2) is 45.3 Å². The number of allylic oxidation sites excluding steroid dienone is 1. The summed E-state index contributed by atoms with van der Waals surface area (Å²) in [5.74, 6) is -2.80. The Labute approximate surface area is 205 Å². The summed E-state index contributed by atoms with van der Waals surface area (Å²) < 4.78 is 20.4. The quantitative estimate of drug-likeness (QED) is 0.562. The van der Waals surface area contributed by atoms with Crippen molar-refractivity contribution >= 4 is 29.4 Å². The number of esters is 1. The lowest BCUT2D eigenvalue weighted by atomic mass is 9.73. The molecule has 2 rings (SSSR count). The fourth-order valence-corrected chi connectivity index (χ4v) is 4.25. The lowest BCUT2D eigenvalue weighted by molar-refractivity contribution is -0.154. The first-order valence-electron chi connectivity index (χ1n) is 11.7. The molecule has 1 aromatic rings. The summed E-state index contributed by atoms with van der Waals surface area (Å²) >= 11 is 6.32. The van der Waals surface area contributed by atoms with E-state index in [4.69, 9.17) is 16.3 Å². The number of Topliss-reactive ketones (excluding diaryl/α,β-unsaturated/α-hetero) is 1. The molecule has 2 N–H and O–H groups in total. The van der Waals surface area contributed by atoms with Gasteiger partial charge in [-0.1, -0.05) is 51.4 Å². The molecule has 1 aromatic heterocycles. The molecule has 6 nitrogen and oxygen atoms in total. The number of pyridine rings is 1. The van der Waals surface area contributed by atoms with E-state index >= 15 is 4.39 Å². The molecule has 0 aromatic carbocycles. The number of hydrogen-bond donors (Lipinski definition) is 2. The van der Waals surface area contributed by atoms with E-state index in [-0.39, 0.29) is 18.1 Å². The van der Waals surface area contributed by atoms with Crippen molar-refractivity contribution in [3.63, 3.8) is 0 Å². The van der Waals surface area contributed by atoms with E-state index in [1.165, 1.54) is 26.1 Å². The van der Waals surface area contributed by atoms with Gasteiger partial charge in [0.05, 0.1) is 29.7 Å². The third-order valence-electron chi connectivity index (χ3n) is 6.52. The Balaban J connectivity index is 2.33. The number of carbonyl (C=O) groups is 2. The molecule has 1 aliphatic heterocycles. The number of aliphatic hydroxyl groups is 2. The van der Waals surface area contributed by atoms with Crippen molar-refractivity contribution in [3.8, 4) is 0 Å². The Morgan fingerprint density at radius 2 is 1.97 bits per heavy atom. The van der Waals surface area contributed by atoms with Crippen LogP contribution in [0.3, 0.4) is 0 Å². The van der Waals surface area contributed by atoms with Crippen LogP contribution in [0.15, 0.2) is 41.3 Å². The molecule has 0 radical (unpaired) electrons. The maximum absolute atomic E-state index is 15.1. The highest BCUT2D eigenvalue weighted by Crippen LogP contribution is 2.32. The van der Waals surface area contributed by atoms with Gasteiger partial charge < -0.3 is 14.9 Å². The van der Waals surface area contributed by atoms with Crippen LogP contribution in [0.5, 0.6) is 0 Å². The van der Waals surface area contributed by atoms with Crippen molar-refractivity contribution in [1.82, 2.24) is 4.98 Å². The van der Waals surface area contributed by atoms with Crippen LogP contribution >= 0.6 is 11.6 Å². The van der Waals surface area contributed by atoms with Gasteiger partial charge in [-0.05, 0) is 43.4 Å². The summed E-state index contributed by atoms with van der Waals surface area (Å²) in [6.07, 6.45) is 2.14. The molecule has 0 saturated heterocycles. The first-order valence-corrected chi connectivity index (χ1v) is 12.0. The number of rotatable bonds is 2. The Morgan fingerprint density at radius 1 is 1.26 bits per heavy atom. The first kappa shape index (κ1) is 28.1. The summed E-state index contributed by atoms with van der Waals surface area (Å²) in [5.41, 5.74) is -0.941. The fourth-order valence-electron chi connectivity index (χ4n) is 4.03. The van der Waals surface area contributed by atoms with Gasteiger partial charge in [0, 0.05) is 23.6 Å². The molecule has 0 aliphatic carbocycles. The molecule has 0 amide bonds. The van der Waals surface area contributed by atoms with Crippen molar-refractivity contribution in [2.45, 2.75) is 78.1 Å². The number of ketones is 1. The monoisotopic (exact) mass is 495 g/mol. The minimum Gasteiger partial charge on any atom is -0.455 e. The predicted molar refractivity (Wildman–Crippen MR) is 129 cm³/mol. The molecular formula is C26H35ClFNO5. The third-order valence-corrected chi connectivity index (χ3v) is 6.86. The maximum Gasteiger partial charge on any atom is 0.309 e. The molecule has 188 valence electrons. The second-order valence-corrected chi connectivity index (χ2v) is 10.1. The van der Waals surface area contributed by atoms with E-state index < -0.39 is 47.9 Å². The summed E-state index contributed by atoms with van der Waals surface area (Å²) in [6, 6.07) is 5.03. The first-order chi connectivity index (χ1) is 15.9. The van der Waals surface area contributed by atoms with E-state index in [0.717, 1.165) is 0 Å². The fraction of sp³-hybridized carbons (Fsp3) is 0.577. The van der Waals surface area contributed by atoms with Gasteiger partial charge in [0.25, 0.3) is 0 Å². The number of carbonyl (C=O) groups excluding carboxylic acids is 2. The number of aromatic nitrogens is 1. The molecule has 34 heavy (non-hydrogen) atoms. The van der Waals surface area contributed by atoms with E-state index in [1.807, 2.05) is 6.92 Å². The van der Waals surface area contributed by atoms with Crippen molar-refractivity contribution in [1.29, 1.82) is 0 Å². The molecule has 1 aliphatic rings. The van der Waals surface area contributed by atoms with Crippen LogP contribution in [0.25, 0.3) is 6.08 Å². The molecule has 0 spiro atoms. The summed E-state index contributed by atoms with van der Waals surface area (Å²) in [4.78, 5) is 29.8. The van der Waals surface area contributed by atoms with E-state index in [9.17, 15) is 19.8 Å². The van der Waals surface area contributed by atoms with Gasteiger partial charge in [0.1, 0.15) is 11.6 Å². The number of hydrogen-bond acceptors (Lipinski definition) is 6. The van der Waals surface area contributed by atoms with E-state index in [2.05, 4.69) is 4.98 Å². The topological polar surface area (TPSA) is 96.7 Å². The van der Waals surface area contributed by atoms with Crippen molar-refractivity contribution in [2.24, 2.45) is 17.3 Å². The van der Waals surface area contributed by atoms with Gasteiger partial charge in [-0.3, -0.25) is 14.6 Å². The average Bonchev–Trinajstić information content (AvgIpc) is 2.79. The van der Waals surface area contributed by atoms with Crippen LogP contribution in [-0.2, 0) is 14.3 Å². The second-order valence-electron chi connectivity index (χ2n) is 9.60. The molecular weight excluding hydrogens is 461 g/mol. The number of aliphatic hydroxyl groups excluding tert-OH is 2. The van der Waals surface area contributed by atoms with Crippen molar-refractivity contribution in [3.05, 3.63) is 47.0 Å². The number of nitrogens with zero attached hydrogens (tertiary/aromatic N) is 1. The highest BCUT2D eigenvalue weighted by Gasteiger charge is 2.42. The van der Waals surface area contributed by atoms with Gasteiger partial charge in [-0.2, -0.15) is 0 Å². The van der Waals surface area contributed by atoms with Crippen LogP contribution < -0.4 is 0 Å².